The van der Waals surface area contributed by atoms with Crippen LogP contribution in [-0.2, 0) is 67.3 Å². The summed E-state index contributed by atoms with van der Waals surface area (Å²) in [7, 11) is 9.15. The van der Waals surface area contributed by atoms with Gasteiger partial charge >= 0.3 is 35.8 Å². The van der Waals surface area contributed by atoms with E-state index in [1.807, 2.05) is 0 Å². The Morgan fingerprint density at radius 3 is 0.444 bits per heavy atom. The second kappa shape index (κ2) is 28.4. The maximum atomic E-state index is 14.2. The second-order valence-electron chi connectivity index (χ2n) is 20.5. The molecular formula is C72H60O18. The van der Waals surface area contributed by atoms with Crippen molar-refractivity contribution in [3.8, 4) is 69.0 Å². The second-order valence-corrected chi connectivity index (χ2v) is 20.5. The van der Waals surface area contributed by atoms with Gasteiger partial charge in [-0.05, 0) is 175 Å². The van der Waals surface area contributed by atoms with Gasteiger partial charge in [0.2, 0.25) is 0 Å². The van der Waals surface area contributed by atoms with Crippen LogP contribution in [0.3, 0.4) is 0 Å². The Morgan fingerprint density at radius 2 is 0.333 bits per heavy atom. The summed E-state index contributed by atoms with van der Waals surface area (Å²) < 4.78 is 69.0. The number of benzene rings is 10. The molecule has 0 bridgehead atoms. The quantitative estimate of drug-likeness (QED) is 0.0312. The molecule has 18 heteroatoms. The van der Waals surface area contributed by atoms with E-state index >= 15 is 0 Å². The van der Waals surface area contributed by atoms with Crippen LogP contribution in [0.5, 0.6) is 69.0 Å². The van der Waals surface area contributed by atoms with Crippen LogP contribution in [0.15, 0.2) is 182 Å². The van der Waals surface area contributed by atoms with Crippen molar-refractivity contribution < 1.29 is 85.6 Å². The lowest BCUT2D eigenvalue weighted by molar-refractivity contribution is -0.136. The van der Waals surface area contributed by atoms with Gasteiger partial charge in [-0.3, -0.25) is 28.8 Å². The highest BCUT2D eigenvalue weighted by Crippen LogP contribution is 2.48. The smallest absolute Gasteiger partial charge is 0.315 e. The van der Waals surface area contributed by atoms with Gasteiger partial charge < -0.3 is 56.8 Å². The zero-order valence-corrected chi connectivity index (χ0v) is 49.9. The summed E-state index contributed by atoms with van der Waals surface area (Å²) >= 11 is 0. The summed E-state index contributed by atoms with van der Waals surface area (Å²) in [5.41, 5.74) is 3.50. The monoisotopic (exact) mass is 1210 g/mol. The number of rotatable bonds is 24. The normalized spacial score (nSPS) is 10.9. The van der Waals surface area contributed by atoms with Gasteiger partial charge in [-0.15, -0.1) is 0 Å². The molecule has 10 aromatic rings. The van der Waals surface area contributed by atoms with Gasteiger partial charge in [0.05, 0.1) is 81.2 Å². The number of esters is 6. The van der Waals surface area contributed by atoms with E-state index < -0.39 is 35.8 Å². The van der Waals surface area contributed by atoms with Crippen molar-refractivity contribution in [1.82, 2.24) is 0 Å². The first-order valence-electron chi connectivity index (χ1n) is 28.2. The van der Waals surface area contributed by atoms with Crippen LogP contribution in [0, 0.1) is 0 Å². The Labute approximate surface area is 517 Å². The first-order chi connectivity index (χ1) is 43.7. The number of methoxy groups -OCH3 is 6. The summed E-state index contributed by atoms with van der Waals surface area (Å²) in [6.45, 7) is 0. The Kier molecular flexibility index (Phi) is 19.5. The lowest BCUT2D eigenvalue weighted by atomic mass is 9.93. The predicted molar refractivity (Wildman–Crippen MR) is 333 cm³/mol. The van der Waals surface area contributed by atoms with E-state index in [1.54, 1.807) is 146 Å². The van der Waals surface area contributed by atoms with E-state index in [0.29, 0.717) is 100 Å². The third-order valence-corrected chi connectivity index (χ3v) is 14.5. The van der Waals surface area contributed by atoms with E-state index in [9.17, 15) is 28.8 Å². The summed E-state index contributed by atoms with van der Waals surface area (Å²) in [5, 5.41) is 1.85. The van der Waals surface area contributed by atoms with Crippen molar-refractivity contribution in [2.24, 2.45) is 0 Å². The molecule has 0 aliphatic carbocycles. The minimum absolute atomic E-state index is 0.187. The molecule has 18 nitrogen and oxygen atoms in total. The molecule has 0 aliphatic heterocycles. The van der Waals surface area contributed by atoms with Crippen LogP contribution in [0.25, 0.3) is 32.3 Å². The number of carbonyl (C=O) groups is 6. The molecule has 0 amide bonds. The molecule has 0 unspecified atom stereocenters. The van der Waals surface area contributed by atoms with Gasteiger partial charge in [-0.25, -0.2) is 0 Å². The van der Waals surface area contributed by atoms with Crippen LogP contribution >= 0.6 is 0 Å². The van der Waals surface area contributed by atoms with Gasteiger partial charge in [-0.2, -0.15) is 0 Å². The van der Waals surface area contributed by atoms with Crippen LogP contribution < -0.4 is 56.8 Å². The maximum absolute atomic E-state index is 14.2. The highest BCUT2D eigenvalue weighted by molar-refractivity contribution is 6.27. The van der Waals surface area contributed by atoms with Crippen LogP contribution in [0.4, 0.5) is 0 Å². The van der Waals surface area contributed by atoms with Crippen molar-refractivity contribution in [2.45, 2.75) is 38.5 Å². The molecule has 0 spiro atoms. The van der Waals surface area contributed by atoms with Gasteiger partial charge in [-0.1, -0.05) is 72.8 Å². The number of hydrogen-bond acceptors (Lipinski definition) is 18. The number of carbonyl (C=O) groups excluding carboxylic acids is 6. The average molecular weight is 1210 g/mol. The molecule has 0 heterocycles. The predicted octanol–water partition coefficient (Wildman–Crippen LogP) is 12.1. The first kappa shape index (κ1) is 61.7. The highest BCUT2D eigenvalue weighted by Gasteiger charge is 2.26. The van der Waals surface area contributed by atoms with Crippen LogP contribution in [-0.4, -0.2) is 78.5 Å². The van der Waals surface area contributed by atoms with E-state index in [2.05, 4.69) is 0 Å². The molecule has 10 aromatic carbocycles. The molecule has 0 saturated heterocycles. The third-order valence-electron chi connectivity index (χ3n) is 14.5. The zero-order chi connectivity index (χ0) is 63.3. The van der Waals surface area contributed by atoms with E-state index in [4.69, 9.17) is 56.8 Å². The van der Waals surface area contributed by atoms with E-state index in [1.165, 1.54) is 79.1 Å². The van der Waals surface area contributed by atoms with Crippen LogP contribution in [0.2, 0.25) is 0 Å². The molecule has 0 aromatic heterocycles. The fourth-order valence-electron chi connectivity index (χ4n) is 9.91. The minimum atomic E-state index is -0.733. The van der Waals surface area contributed by atoms with Crippen molar-refractivity contribution in [1.29, 1.82) is 0 Å². The molecule has 0 saturated carbocycles. The van der Waals surface area contributed by atoms with E-state index in [0.717, 1.165) is 0 Å². The highest BCUT2D eigenvalue weighted by atomic mass is 16.6. The number of fused-ring (bicyclic) bond motifs is 6. The standard InChI is InChI=1S/C72H60O18/c1-79-49-19-7-43(8-20-49)31-67(73)85-61-37-55-56(38-62(61)86-68(74)32-44-9-21-50(80-2)22-10-44)58-40-64(88-70(76)34-46-13-25-52(82-4)26-14-46)66(90-72(78)36-48-17-29-54(84-6)30-18-48)42-60(58)59-41-65(89-71(77)35-47-15-27-53(83-5)28-16-47)63(39-57(55)59)87-69(75)33-45-11-23-51(81-3)24-12-45/h7-30,37-42H,31-36H2,1-6H3. The summed E-state index contributed by atoms with van der Waals surface area (Å²) in [6, 6.07) is 49.9. The average Bonchev–Trinajstić information content (AvgIpc) is 1.75. The number of ether oxygens (including phenoxy) is 12. The topological polar surface area (TPSA) is 213 Å². The molecule has 10 rings (SSSR count). The van der Waals surface area contributed by atoms with Gasteiger partial charge in [0.15, 0.2) is 34.5 Å². The lowest BCUT2D eigenvalue weighted by Crippen LogP contribution is -2.16. The molecule has 456 valence electrons. The molecule has 0 fully saturated rings. The molecular weight excluding hydrogens is 1150 g/mol. The summed E-state index contributed by atoms with van der Waals surface area (Å²) in [5.74, 6) is -2.09. The largest absolute Gasteiger partial charge is 0.497 e. The molecule has 0 atom stereocenters. The molecule has 0 radical (unpaired) electrons. The summed E-state index contributed by atoms with van der Waals surface area (Å²) in [4.78, 5) is 85.0. The minimum Gasteiger partial charge on any atom is -0.497 e. The number of hydrogen-bond donors (Lipinski definition) is 0. The Balaban J connectivity index is 1.19. The van der Waals surface area contributed by atoms with Gasteiger partial charge in [0.1, 0.15) is 34.5 Å². The fourth-order valence-corrected chi connectivity index (χ4v) is 9.91. The SMILES string of the molecule is COc1ccc(CC(=O)Oc2cc3c4cc(OC(=O)Cc5ccc(OC)cc5)c(OC(=O)Cc5ccc(OC)cc5)cc4c4cc(OC(=O)Cc5ccc(OC)cc5)c(OC(=O)Cc5ccc(OC)cc5)cc4c3cc2OC(=O)Cc2ccc(OC)cc2)cc1. The first-order valence-corrected chi connectivity index (χ1v) is 28.2. The molecule has 0 aliphatic rings. The molecule has 90 heavy (non-hydrogen) atoms. The zero-order valence-electron chi connectivity index (χ0n) is 49.9. The van der Waals surface area contributed by atoms with Crippen molar-refractivity contribution in [3.63, 3.8) is 0 Å². The third kappa shape index (κ3) is 15.4. The Hall–Kier alpha value is -11.4. The van der Waals surface area contributed by atoms with Crippen LogP contribution in [0.1, 0.15) is 33.4 Å². The maximum Gasteiger partial charge on any atom is 0.315 e. The molecule has 0 N–H and O–H groups in total. The van der Waals surface area contributed by atoms with Crippen molar-refractivity contribution in [2.75, 3.05) is 42.7 Å². The Morgan fingerprint density at radius 1 is 0.211 bits per heavy atom. The van der Waals surface area contributed by atoms with E-state index in [-0.39, 0.29) is 73.0 Å². The van der Waals surface area contributed by atoms with Gasteiger partial charge in [0, 0.05) is 0 Å². The van der Waals surface area contributed by atoms with Crippen molar-refractivity contribution >= 4 is 68.1 Å². The summed E-state index contributed by atoms with van der Waals surface area (Å²) in [6.07, 6.45) is -1.31. The fraction of sp³-hybridized carbons (Fsp3) is 0.167. The van der Waals surface area contributed by atoms with Gasteiger partial charge in [0.25, 0.3) is 0 Å². The Bertz CT molecular complexity index is 3530. The lowest BCUT2D eigenvalue weighted by Gasteiger charge is -2.19. The van der Waals surface area contributed by atoms with Crippen molar-refractivity contribution in [3.05, 3.63) is 215 Å².